The SMILES string of the molecule is CC(C)Cc1coc2cccc(-c3ccnc(-c4[c-]c5ccccc5c(C(C)(C)C)c4)c3)c12.CCC(C)(CC)C(=O)/C=C(\O)C(C)(CC)CC.[Ir]. The molecule has 275 valence electrons. The van der Waals surface area contributed by atoms with Crippen LogP contribution < -0.4 is 0 Å². The summed E-state index contributed by atoms with van der Waals surface area (Å²) in [6, 6.07) is 25.0. The zero-order valence-corrected chi connectivity index (χ0v) is 35.1. The van der Waals surface area contributed by atoms with Crippen LogP contribution in [0.2, 0.25) is 0 Å². The zero-order valence-electron chi connectivity index (χ0n) is 32.7. The molecule has 51 heavy (non-hydrogen) atoms. The van der Waals surface area contributed by atoms with Gasteiger partial charge in [0.05, 0.1) is 6.26 Å². The molecule has 2 aromatic heterocycles. The summed E-state index contributed by atoms with van der Waals surface area (Å²) in [6.07, 6.45) is 9.58. The van der Waals surface area contributed by atoms with Gasteiger partial charge in [-0.25, -0.2) is 0 Å². The Balaban J connectivity index is 0.000000335. The number of hydrogen-bond donors (Lipinski definition) is 1. The topological polar surface area (TPSA) is 63.3 Å². The third kappa shape index (κ3) is 9.48. The first-order valence-corrected chi connectivity index (χ1v) is 18.5. The summed E-state index contributed by atoms with van der Waals surface area (Å²) in [7, 11) is 0. The van der Waals surface area contributed by atoms with Gasteiger partial charge in [0.2, 0.25) is 0 Å². The minimum atomic E-state index is -0.337. The van der Waals surface area contributed by atoms with E-state index in [4.69, 9.17) is 9.40 Å². The number of aliphatic hydroxyl groups excluding tert-OH is 1. The molecule has 5 aromatic rings. The van der Waals surface area contributed by atoms with Crippen molar-refractivity contribution < 1.29 is 34.4 Å². The van der Waals surface area contributed by atoms with E-state index in [1.165, 1.54) is 33.5 Å². The van der Waals surface area contributed by atoms with E-state index in [-0.39, 0.29) is 47.9 Å². The van der Waals surface area contributed by atoms with Gasteiger partial charge in [0.1, 0.15) is 11.3 Å². The van der Waals surface area contributed by atoms with E-state index in [0.29, 0.717) is 5.92 Å². The molecule has 3 aromatic carbocycles. The van der Waals surface area contributed by atoms with Gasteiger partial charge < -0.3 is 9.52 Å². The van der Waals surface area contributed by atoms with E-state index in [9.17, 15) is 9.90 Å². The monoisotopic (exact) mass is 865 g/mol. The number of hydrogen-bond acceptors (Lipinski definition) is 4. The second-order valence-electron chi connectivity index (χ2n) is 15.8. The minimum Gasteiger partial charge on any atom is -0.512 e. The van der Waals surface area contributed by atoms with Crippen LogP contribution in [0.3, 0.4) is 0 Å². The van der Waals surface area contributed by atoms with Crippen molar-refractivity contribution in [2.75, 3.05) is 0 Å². The Morgan fingerprint density at radius 1 is 0.882 bits per heavy atom. The van der Waals surface area contributed by atoms with Crippen LogP contribution in [-0.4, -0.2) is 15.9 Å². The first-order valence-electron chi connectivity index (χ1n) is 18.5. The fraction of sp³-hybridized carbons (Fsp3) is 0.435. The number of rotatable bonds is 11. The number of aromatic nitrogens is 1. The minimum absolute atomic E-state index is 0. The van der Waals surface area contributed by atoms with Gasteiger partial charge in [-0.1, -0.05) is 124 Å². The number of carbonyl (C=O) groups is 1. The largest absolute Gasteiger partial charge is 0.512 e. The maximum Gasteiger partial charge on any atom is 0.164 e. The summed E-state index contributed by atoms with van der Waals surface area (Å²) in [5.74, 6) is 0.851. The first kappa shape index (κ1) is 41.9. The number of ketones is 1. The maximum atomic E-state index is 12.2. The molecular weight excluding hydrogens is 807 g/mol. The zero-order chi connectivity index (χ0) is 36.9. The van der Waals surface area contributed by atoms with Crippen LogP contribution in [0.15, 0.2) is 89.4 Å². The number of furan rings is 1. The number of nitrogens with zero attached hydrogens (tertiary/aromatic N) is 1. The molecule has 0 unspecified atom stereocenters. The molecule has 0 aliphatic rings. The van der Waals surface area contributed by atoms with Crippen molar-refractivity contribution >= 4 is 27.5 Å². The van der Waals surface area contributed by atoms with E-state index in [1.54, 1.807) is 0 Å². The Morgan fingerprint density at radius 2 is 1.53 bits per heavy atom. The van der Waals surface area contributed by atoms with E-state index < -0.39 is 0 Å². The number of carbonyl (C=O) groups excluding carboxylic acids is 1. The van der Waals surface area contributed by atoms with Crippen molar-refractivity contribution in [1.29, 1.82) is 0 Å². The molecule has 0 aliphatic heterocycles. The van der Waals surface area contributed by atoms with Crippen molar-refractivity contribution in [3.05, 3.63) is 102 Å². The first-order chi connectivity index (χ1) is 23.6. The molecule has 1 radical (unpaired) electrons. The Kier molecular flexibility index (Phi) is 14.2. The van der Waals surface area contributed by atoms with Crippen LogP contribution in [0.1, 0.15) is 113 Å². The second-order valence-corrected chi connectivity index (χ2v) is 15.8. The molecule has 5 heteroatoms. The average molecular weight is 865 g/mol. The number of allylic oxidation sites excluding steroid dienone is 2. The molecule has 0 atom stereocenters. The predicted octanol–water partition coefficient (Wildman–Crippen LogP) is 13.3. The normalized spacial score (nSPS) is 12.5. The standard InChI is InChI=1S/C31H30NO.C15H28O2.Ir/c1-20(2)15-24-19-33-29-12-8-11-26(30(24)29)22-13-14-32-28(18-22)23-16-21-9-6-7-10-25(21)27(17-23)31(3,4)5;1-7-14(5,8-2)12(16)11-13(17)15(6,9-3)10-4;/h6-14,17-20H,15H2,1-5H3;11,16H,7-10H2,1-6H3;/q-1;;/b;12-11-;. The molecule has 0 aliphatic carbocycles. The third-order valence-corrected chi connectivity index (χ3v) is 10.8. The van der Waals surface area contributed by atoms with Crippen molar-refractivity contribution in [2.24, 2.45) is 16.7 Å². The Morgan fingerprint density at radius 3 is 2.14 bits per heavy atom. The van der Waals surface area contributed by atoms with E-state index in [1.807, 2.05) is 54.0 Å². The molecule has 0 bridgehead atoms. The summed E-state index contributed by atoms with van der Waals surface area (Å²) in [6.45, 7) is 23.4. The fourth-order valence-electron chi connectivity index (χ4n) is 6.40. The van der Waals surface area contributed by atoms with Crippen molar-refractivity contribution in [1.82, 2.24) is 4.98 Å². The molecule has 5 rings (SSSR count). The van der Waals surface area contributed by atoms with Crippen molar-refractivity contribution in [3.8, 4) is 22.4 Å². The molecule has 2 heterocycles. The van der Waals surface area contributed by atoms with Crippen molar-refractivity contribution in [2.45, 2.75) is 114 Å². The van der Waals surface area contributed by atoms with Gasteiger partial charge in [-0.05, 0) is 72.3 Å². The van der Waals surface area contributed by atoms with Crippen LogP contribution in [0.5, 0.6) is 0 Å². The summed E-state index contributed by atoms with van der Waals surface area (Å²) < 4.78 is 5.91. The van der Waals surface area contributed by atoms with E-state index in [0.717, 1.165) is 59.9 Å². The van der Waals surface area contributed by atoms with Gasteiger partial charge in [-0.3, -0.25) is 9.78 Å². The Hall–Kier alpha value is -3.53. The fourth-order valence-corrected chi connectivity index (χ4v) is 6.40. The smallest absolute Gasteiger partial charge is 0.164 e. The van der Waals surface area contributed by atoms with E-state index in [2.05, 4.69) is 101 Å². The van der Waals surface area contributed by atoms with Gasteiger partial charge in [-0.2, -0.15) is 0 Å². The Labute approximate surface area is 320 Å². The molecule has 1 N–H and O–H groups in total. The molecule has 4 nitrogen and oxygen atoms in total. The third-order valence-electron chi connectivity index (χ3n) is 10.8. The van der Waals surface area contributed by atoms with Gasteiger partial charge in [0.25, 0.3) is 0 Å². The molecule has 0 saturated heterocycles. The van der Waals surface area contributed by atoms with Gasteiger partial charge >= 0.3 is 0 Å². The molecule has 0 saturated carbocycles. The van der Waals surface area contributed by atoms with Crippen molar-refractivity contribution in [3.63, 3.8) is 0 Å². The Bertz CT molecular complexity index is 1950. The average Bonchev–Trinajstić information content (AvgIpc) is 3.52. The maximum absolute atomic E-state index is 12.2. The van der Waals surface area contributed by atoms with Crippen LogP contribution in [0.25, 0.3) is 44.1 Å². The van der Waals surface area contributed by atoms with Crippen LogP contribution in [0, 0.1) is 22.8 Å². The predicted molar refractivity (Wildman–Crippen MR) is 212 cm³/mol. The van der Waals surface area contributed by atoms with E-state index >= 15 is 0 Å². The van der Waals surface area contributed by atoms with Crippen LogP contribution in [0.4, 0.5) is 0 Å². The number of pyridine rings is 1. The summed E-state index contributed by atoms with van der Waals surface area (Å²) in [5, 5.41) is 13.7. The molecular formula is C46H58IrNO3-. The van der Waals surface area contributed by atoms with Gasteiger partial charge in [0, 0.05) is 54.3 Å². The van der Waals surface area contributed by atoms with Gasteiger partial charge in [0.15, 0.2) is 5.78 Å². The number of fused-ring (bicyclic) bond motifs is 2. The van der Waals surface area contributed by atoms with Crippen LogP contribution >= 0.6 is 0 Å². The number of benzene rings is 3. The summed E-state index contributed by atoms with van der Waals surface area (Å²) in [5.41, 5.74) is 7.25. The second kappa shape index (κ2) is 17.3. The van der Waals surface area contributed by atoms with Gasteiger partial charge in [-0.15, -0.1) is 29.1 Å². The number of aliphatic hydroxyl groups is 1. The molecule has 0 spiro atoms. The summed E-state index contributed by atoms with van der Waals surface area (Å²) in [4.78, 5) is 16.9. The molecule has 0 amide bonds. The summed E-state index contributed by atoms with van der Waals surface area (Å²) >= 11 is 0. The van der Waals surface area contributed by atoms with Crippen LogP contribution in [-0.2, 0) is 36.7 Å². The molecule has 0 fully saturated rings. The quantitative estimate of drug-likeness (QED) is 0.0816.